The van der Waals surface area contributed by atoms with Gasteiger partial charge in [-0.25, -0.2) is 4.79 Å². The highest BCUT2D eigenvalue weighted by Crippen LogP contribution is 2.71. The lowest BCUT2D eigenvalue weighted by atomic mass is 9.59. The Morgan fingerprint density at radius 1 is 1.22 bits per heavy atom. The number of carbonyl (C=O) groups is 2. The molecular weight excluding hydrogens is 456 g/mol. The van der Waals surface area contributed by atoms with Gasteiger partial charge >= 0.3 is 5.97 Å². The summed E-state index contributed by atoms with van der Waals surface area (Å²) in [6.45, 7) is 11.5. The first-order valence-corrected chi connectivity index (χ1v) is 13.1. The standard InChI is InChI=1S/C30H38O6/c1-15(2)19-9-7-8-10-20(19)27(34)36-26-16(3)13-29-17(4)11-22-23(28(22,5)6)21(25(29)33)12-18(14-31)24(32)30(26,29)35/h7-10,12-13,15,17,21-24,26,31-32,35H,11,14H2,1-6H3/t17-,21+,22-,23-,24-,26+,29+,30+/m1/s1. The van der Waals surface area contributed by atoms with Crippen LogP contribution in [0.15, 0.2) is 47.6 Å². The highest BCUT2D eigenvalue weighted by Gasteiger charge is 2.76. The molecule has 0 heterocycles. The molecule has 4 aliphatic rings. The summed E-state index contributed by atoms with van der Waals surface area (Å²) in [5.74, 6) is -1.13. The van der Waals surface area contributed by atoms with E-state index < -0.39 is 41.7 Å². The molecule has 1 aromatic rings. The van der Waals surface area contributed by atoms with E-state index in [0.717, 1.165) is 12.0 Å². The average Bonchev–Trinajstić information content (AvgIpc) is 3.32. The number of aliphatic hydroxyl groups excluding tert-OH is 2. The Kier molecular flexibility index (Phi) is 5.71. The molecule has 1 spiro atoms. The van der Waals surface area contributed by atoms with Crippen LogP contribution in [0.25, 0.3) is 0 Å². The van der Waals surface area contributed by atoms with Gasteiger partial charge in [0.05, 0.1) is 17.6 Å². The average molecular weight is 495 g/mol. The molecule has 5 rings (SSSR count). The Labute approximate surface area is 213 Å². The number of benzene rings is 1. The van der Waals surface area contributed by atoms with E-state index in [9.17, 15) is 24.9 Å². The third-order valence-electron chi connectivity index (χ3n) is 9.92. The van der Waals surface area contributed by atoms with Crippen LogP contribution in [0.5, 0.6) is 0 Å². The van der Waals surface area contributed by atoms with Crippen LogP contribution >= 0.6 is 0 Å². The van der Waals surface area contributed by atoms with Crippen LogP contribution in [-0.4, -0.2) is 51.5 Å². The van der Waals surface area contributed by atoms with Crippen LogP contribution in [-0.2, 0) is 9.53 Å². The third-order valence-corrected chi connectivity index (χ3v) is 9.92. The van der Waals surface area contributed by atoms with Crippen molar-refractivity contribution in [1.82, 2.24) is 0 Å². The van der Waals surface area contributed by atoms with E-state index >= 15 is 0 Å². The molecule has 6 nitrogen and oxygen atoms in total. The van der Waals surface area contributed by atoms with Gasteiger partial charge in [-0.05, 0) is 65.2 Å². The lowest BCUT2D eigenvalue weighted by molar-refractivity contribution is -0.190. The summed E-state index contributed by atoms with van der Waals surface area (Å²) in [4.78, 5) is 27.9. The first-order valence-electron chi connectivity index (χ1n) is 13.1. The Bertz CT molecular complexity index is 1180. The van der Waals surface area contributed by atoms with Crippen molar-refractivity contribution >= 4 is 11.8 Å². The molecule has 2 fully saturated rings. The lowest BCUT2D eigenvalue weighted by Crippen LogP contribution is -2.65. The summed E-state index contributed by atoms with van der Waals surface area (Å²) in [5.41, 5.74) is -1.62. The minimum atomic E-state index is -2.12. The number of ether oxygens (including phenoxy) is 1. The fourth-order valence-electron chi connectivity index (χ4n) is 7.95. The molecule has 3 N–H and O–H groups in total. The van der Waals surface area contributed by atoms with Gasteiger partial charge in [0.1, 0.15) is 6.10 Å². The van der Waals surface area contributed by atoms with E-state index in [0.29, 0.717) is 17.1 Å². The van der Waals surface area contributed by atoms with Gasteiger partial charge in [-0.15, -0.1) is 0 Å². The van der Waals surface area contributed by atoms with Gasteiger partial charge in [0.15, 0.2) is 17.5 Å². The zero-order valence-electron chi connectivity index (χ0n) is 22.0. The van der Waals surface area contributed by atoms with Gasteiger partial charge in [0.25, 0.3) is 0 Å². The Morgan fingerprint density at radius 2 is 1.89 bits per heavy atom. The van der Waals surface area contributed by atoms with Crippen LogP contribution in [0.3, 0.4) is 0 Å². The Morgan fingerprint density at radius 3 is 2.53 bits per heavy atom. The first kappa shape index (κ1) is 25.4. The van der Waals surface area contributed by atoms with E-state index in [4.69, 9.17) is 4.74 Å². The van der Waals surface area contributed by atoms with Gasteiger partial charge in [-0.3, -0.25) is 4.79 Å². The second-order valence-electron chi connectivity index (χ2n) is 12.4. The zero-order valence-corrected chi connectivity index (χ0v) is 22.0. The summed E-state index contributed by atoms with van der Waals surface area (Å²) in [6, 6.07) is 7.19. The normalized spacial score (nSPS) is 40.4. The SMILES string of the molecule is CC1=C[C@]23C(=O)[C@@H](C=C(CO)[C@@H](O)[C@]2(O)[C@H]1OC(=O)c1ccccc1C(C)C)[C@@H]1[C@@H](C[C@H]3C)C1(C)C. The predicted octanol–water partition coefficient (Wildman–Crippen LogP) is 3.80. The predicted molar refractivity (Wildman–Crippen MR) is 135 cm³/mol. The molecule has 2 bridgehead atoms. The largest absolute Gasteiger partial charge is 0.451 e. The maximum Gasteiger partial charge on any atom is 0.339 e. The van der Waals surface area contributed by atoms with Crippen molar-refractivity contribution in [3.63, 3.8) is 0 Å². The molecule has 0 aliphatic heterocycles. The summed E-state index contributed by atoms with van der Waals surface area (Å²) >= 11 is 0. The Balaban J connectivity index is 1.63. The van der Waals surface area contributed by atoms with Crippen molar-refractivity contribution in [3.05, 3.63) is 58.7 Å². The second kappa shape index (κ2) is 8.11. The summed E-state index contributed by atoms with van der Waals surface area (Å²) < 4.78 is 6.02. The smallest absolute Gasteiger partial charge is 0.339 e. The number of hydrogen-bond acceptors (Lipinski definition) is 6. The highest BCUT2D eigenvalue weighted by atomic mass is 16.6. The number of ketones is 1. The van der Waals surface area contributed by atoms with E-state index in [1.165, 1.54) is 0 Å². The zero-order chi connectivity index (χ0) is 26.4. The number of Topliss-reactive ketones (excluding diaryl/α,β-unsaturated/α-hetero) is 1. The molecule has 0 aromatic heterocycles. The number of aliphatic hydroxyl groups is 3. The van der Waals surface area contributed by atoms with Crippen molar-refractivity contribution < 1.29 is 29.6 Å². The maximum absolute atomic E-state index is 14.4. The number of fused-ring (bicyclic) bond motifs is 3. The molecule has 0 saturated heterocycles. The monoisotopic (exact) mass is 494 g/mol. The van der Waals surface area contributed by atoms with Gasteiger partial charge in [-0.1, -0.05) is 65.0 Å². The van der Waals surface area contributed by atoms with Crippen LogP contribution < -0.4 is 0 Å². The fourth-order valence-corrected chi connectivity index (χ4v) is 7.95. The molecular formula is C30H38O6. The fraction of sp³-hybridized carbons (Fsp3) is 0.600. The minimum Gasteiger partial charge on any atom is -0.451 e. The Hall–Kier alpha value is -2.28. The van der Waals surface area contributed by atoms with Gasteiger partial charge in [0.2, 0.25) is 0 Å². The number of carbonyl (C=O) groups excluding carboxylic acids is 2. The number of rotatable bonds is 4. The topological polar surface area (TPSA) is 104 Å². The molecule has 194 valence electrons. The maximum atomic E-state index is 14.4. The van der Waals surface area contributed by atoms with Gasteiger partial charge in [0, 0.05) is 5.92 Å². The molecule has 1 aromatic carbocycles. The number of esters is 1. The van der Waals surface area contributed by atoms with Crippen molar-refractivity contribution in [2.24, 2.45) is 34.5 Å². The molecule has 0 unspecified atom stereocenters. The molecule has 0 amide bonds. The van der Waals surface area contributed by atoms with E-state index in [1.807, 2.05) is 32.9 Å². The minimum absolute atomic E-state index is 0.0372. The van der Waals surface area contributed by atoms with Crippen LogP contribution in [0.2, 0.25) is 0 Å². The molecule has 36 heavy (non-hydrogen) atoms. The summed E-state index contributed by atoms with van der Waals surface area (Å²) in [7, 11) is 0. The van der Waals surface area contributed by atoms with Crippen molar-refractivity contribution in [2.75, 3.05) is 6.61 Å². The van der Waals surface area contributed by atoms with E-state index in [-0.39, 0.29) is 34.5 Å². The molecule has 4 aliphatic carbocycles. The van der Waals surface area contributed by atoms with Crippen molar-refractivity contribution in [3.8, 4) is 0 Å². The molecule has 8 atom stereocenters. The van der Waals surface area contributed by atoms with E-state index in [2.05, 4.69) is 13.8 Å². The quantitative estimate of drug-likeness (QED) is 0.435. The van der Waals surface area contributed by atoms with Gasteiger partial charge in [-0.2, -0.15) is 0 Å². The third kappa shape index (κ3) is 3.07. The van der Waals surface area contributed by atoms with Crippen LogP contribution in [0.1, 0.15) is 69.8 Å². The van der Waals surface area contributed by atoms with Crippen LogP contribution in [0, 0.1) is 34.5 Å². The highest BCUT2D eigenvalue weighted by molar-refractivity contribution is 5.96. The first-order chi connectivity index (χ1) is 16.8. The van der Waals surface area contributed by atoms with E-state index in [1.54, 1.807) is 31.2 Å². The van der Waals surface area contributed by atoms with Crippen molar-refractivity contribution in [1.29, 1.82) is 0 Å². The molecule has 2 saturated carbocycles. The molecule has 6 heteroatoms. The summed E-state index contributed by atoms with van der Waals surface area (Å²) in [5, 5.41) is 34.4. The summed E-state index contributed by atoms with van der Waals surface area (Å²) in [6.07, 6.45) is 1.37. The number of allylic oxidation sites excluding steroid dienone is 1. The molecule has 0 radical (unpaired) electrons. The van der Waals surface area contributed by atoms with Crippen molar-refractivity contribution in [2.45, 2.75) is 71.7 Å². The lowest BCUT2D eigenvalue weighted by Gasteiger charge is -2.48. The van der Waals surface area contributed by atoms with Crippen LogP contribution in [0.4, 0.5) is 0 Å². The second-order valence-corrected chi connectivity index (χ2v) is 12.4. The van der Waals surface area contributed by atoms with Gasteiger partial charge < -0.3 is 20.1 Å². The number of hydrogen-bond donors (Lipinski definition) is 3.